The Morgan fingerprint density at radius 1 is 1.09 bits per heavy atom. The monoisotopic (exact) mass is 460 g/mol. The molecule has 0 aliphatic rings. The lowest BCUT2D eigenvalue weighted by Crippen LogP contribution is -2.24. The fourth-order valence-corrected chi connectivity index (χ4v) is 3.85. The summed E-state index contributed by atoms with van der Waals surface area (Å²) in [6, 6.07) is 7.93. The molecule has 0 bridgehead atoms. The second kappa shape index (κ2) is 10.8. The number of carbonyl (C=O) groups is 2. The molecular formula is C23H22F2N2O4S. The van der Waals surface area contributed by atoms with Gasteiger partial charge >= 0.3 is 0 Å². The van der Waals surface area contributed by atoms with Crippen molar-refractivity contribution in [2.45, 2.75) is 26.2 Å². The topological polar surface area (TPSA) is 77.5 Å². The number of ether oxygens (including phenoxy) is 2. The molecule has 1 amide bonds. The van der Waals surface area contributed by atoms with E-state index in [2.05, 4.69) is 10.3 Å². The number of para-hydroxylation sites is 1. The zero-order valence-corrected chi connectivity index (χ0v) is 18.4. The molecule has 168 valence electrons. The van der Waals surface area contributed by atoms with Gasteiger partial charge in [-0.2, -0.15) is 0 Å². The third-order valence-corrected chi connectivity index (χ3v) is 5.33. The summed E-state index contributed by atoms with van der Waals surface area (Å²) < 4.78 is 38.9. The number of methoxy groups -OCH3 is 1. The number of aromatic nitrogens is 1. The van der Waals surface area contributed by atoms with Crippen molar-refractivity contribution in [3.8, 4) is 17.2 Å². The summed E-state index contributed by atoms with van der Waals surface area (Å²) in [5.41, 5.74) is 0.865. The van der Waals surface area contributed by atoms with E-state index in [9.17, 15) is 18.4 Å². The second-order valence-corrected chi connectivity index (χ2v) is 7.82. The average molecular weight is 461 g/mol. The zero-order valence-electron chi connectivity index (χ0n) is 17.6. The normalized spacial score (nSPS) is 10.6. The lowest BCUT2D eigenvalue weighted by atomic mass is 10.1. The van der Waals surface area contributed by atoms with E-state index in [1.165, 1.54) is 54.8 Å². The number of likely N-dealkylation sites (N-methyl/N-ethyl adjacent to an activating group) is 1. The van der Waals surface area contributed by atoms with Crippen LogP contribution in [0.3, 0.4) is 0 Å². The van der Waals surface area contributed by atoms with E-state index in [-0.39, 0.29) is 53.8 Å². The van der Waals surface area contributed by atoms with Crippen LogP contribution in [-0.4, -0.2) is 30.3 Å². The summed E-state index contributed by atoms with van der Waals surface area (Å²) in [6.45, 7) is 2.36. The van der Waals surface area contributed by atoms with Crippen LogP contribution in [0.1, 0.15) is 23.2 Å². The summed E-state index contributed by atoms with van der Waals surface area (Å²) >= 11 is 1.28. The van der Waals surface area contributed by atoms with Gasteiger partial charge in [-0.3, -0.25) is 9.59 Å². The third kappa shape index (κ3) is 6.10. The van der Waals surface area contributed by atoms with E-state index in [4.69, 9.17) is 9.47 Å². The molecule has 0 aliphatic heterocycles. The molecule has 0 fully saturated rings. The van der Waals surface area contributed by atoms with Crippen molar-refractivity contribution in [3.63, 3.8) is 0 Å². The van der Waals surface area contributed by atoms with Gasteiger partial charge in [0.2, 0.25) is 11.7 Å². The second-order valence-electron chi connectivity index (χ2n) is 6.88. The van der Waals surface area contributed by atoms with Crippen LogP contribution in [0, 0.1) is 11.6 Å². The van der Waals surface area contributed by atoms with Gasteiger partial charge in [0.15, 0.2) is 11.6 Å². The van der Waals surface area contributed by atoms with Gasteiger partial charge in [0.1, 0.15) is 22.4 Å². The quantitative estimate of drug-likeness (QED) is 0.489. The van der Waals surface area contributed by atoms with Gasteiger partial charge in [0.05, 0.1) is 25.6 Å². The Bertz CT molecular complexity index is 1120. The van der Waals surface area contributed by atoms with Crippen molar-refractivity contribution in [3.05, 3.63) is 69.7 Å². The minimum atomic E-state index is -0.645. The number of nitrogens with zero attached hydrogens (tertiary/aromatic N) is 1. The number of halogens is 2. The highest BCUT2D eigenvalue weighted by Gasteiger charge is 2.17. The number of nitrogens with one attached hydrogen (secondary N) is 1. The summed E-state index contributed by atoms with van der Waals surface area (Å²) in [5, 5.41) is 4.99. The number of amides is 1. The van der Waals surface area contributed by atoms with E-state index in [1.54, 1.807) is 5.38 Å². The van der Waals surface area contributed by atoms with Crippen LogP contribution < -0.4 is 14.8 Å². The van der Waals surface area contributed by atoms with Crippen LogP contribution in [-0.2, 0) is 28.9 Å². The predicted octanol–water partition coefficient (Wildman–Crippen LogP) is 4.26. The first-order valence-corrected chi connectivity index (χ1v) is 10.8. The number of benzene rings is 2. The Kier molecular flexibility index (Phi) is 7.88. The van der Waals surface area contributed by atoms with Crippen molar-refractivity contribution in [2.24, 2.45) is 0 Å². The van der Waals surface area contributed by atoms with Crippen molar-refractivity contribution >= 4 is 23.0 Å². The van der Waals surface area contributed by atoms with Crippen LogP contribution in [0.15, 0.2) is 41.8 Å². The van der Waals surface area contributed by atoms with Gasteiger partial charge in [-0.15, -0.1) is 11.3 Å². The molecule has 0 atom stereocenters. The molecular weight excluding hydrogens is 438 g/mol. The molecule has 0 saturated heterocycles. The molecule has 0 unspecified atom stereocenters. The number of thiazole rings is 1. The van der Waals surface area contributed by atoms with E-state index >= 15 is 0 Å². The Morgan fingerprint density at radius 3 is 2.66 bits per heavy atom. The number of rotatable bonds is 10. The van der Waals surface area contributed by atoms with E-state index in [0.29, 0.717) is 17.2 Å². The minimum absolute atomic E-state index is 0.0268. The van der Waals surface area contributed by atoms with Crippen LogP contribution >= 0.6 is 11.3 Å². The van der Waals surface area contributed by atoms with Crippen molar-refractivity contribution in [1.82, 2.24) is 10.3 Å². The summed E-state index contributed by atoms with van der Waals surface area (Å²) in [4.78, 5) is 28.6. The lowest BCUT2D eigenvalue weighted by Gasteiger charge is -2.14. The van der Waals surface area contributed by atoms with Gasteiger partial charge in [0, 0.05) is 23.9 Å². The summed E-state index contributed by atoms with van der Waals surface area (Å²) in [6.07, 6.45) is 0.0407. The lowest BCUT2D eigenvalue weighted by molar-refractivity contribution is -0.120. The van der Waals surface area contributed by atoms with Gasteiger partial charge in [-0.25, -0.2) is 13.8 Å². The van der Waals surface area contributed by atoms with Crippen LogP contribution in [0.5, 0.6) is 17.2 Å². The molecule has 6 nitrogen and oxygen atoms in total. The standard InChI is InChI=1S/C23H22F2N2O4S/c1-3-26-21(29)11-16-13-32-22(27-16)12-17(28)10-14-9-15(24)7-8-19(14)31-23-18(25)5-4-6-20(23)30-2/h4-9,13H,3,10-12H2,1-2H3,(H,26,29). The molecule has 9 heteroatoms. The molecule has 32 heavy (non-hydrogen) atoms. The predicted molar refractivity (Wildman–Crippen MR) is 116 cm³/mol. The Hall–Kier alpha value is -3.33. The van der Waals surface area contributed by atoms with E-state index in [0.717, 1.165) is 0 Å². The highest BCUT2D eigenvalue weighted by atomic mass is 32.1. The first-order valence-electron chi connectivity index (χ1n) is 9.90. The molecule has 0 spiro atoms. The smallest absolute Gasteiger partial charge is 0.226 e. The maximum Gasteiger partial charge on any atom is 0.226 e. The van der Waals surface area contributed by atoms with Crippen molar-refractivity contribution in [2.75, 3.05) is 13.7 Å². The highest BCUT2D eigenvalue weighted by molar-refractivity contribution is 7.09. The fraction of sp³-hybridized carbons (Fsp3) is 0.261. The van der Waals surface area contributed by atoms with Crippen molar-refractivity contribution in [1.29, 1.82) is 0 Å². The molecule has 3 rings (SSSR count). The number of hydrogen-bond acceptors (Lipinski definition) is 6. The van der Waals surface area contributed by atoms with Gasteiger partial charge in [-0.05, 0) is 37.3 Å². The van der Waals surface area contributed by atoms with E-state index in [1.807, 2.05) is 6.92 Å². The summed E-state index contributed by atoms with van der Waals surface area (Å²) in [5.74, 6) is -1.37. The van der Waals surface area contributed by atoms with Gasteiger partial charge in [-0.1, -0.05) is 6.07 Å². The molecule has 0 saturated carbocycles. The minimum Gasteiger partial charge on any atom is -0.493 e. The fourth-order valence-electron chi connectivity index (χ4n) is 3.02. The van der Waals surface area contributed by atoms with Crippen LogP contribution in [0.2, 0.25) is 0 Å². The molecule has 2 aromatic carbocycles. The molecule has 1 aromatic heterocycles. The van der Waals surface area contributed by atoms with Crippen molar-refractivity contribution < 1.29 is 27.8 Å². The van der Waals surface area contributed by atoms with Gasteiger partial charge < -0.3 is 14.8 Å². The number of Topliss-reactive ketones (excluding diaryl/α,β-unsaturated/α-hetero) is 1. The Morgan fingerprint density at radius 2 is 1.91 bits per heavy atom. The first kappa shape index (κ1) is 23.3. The molecule has 0 radical (unpaired) electrons. The molecule has 1 N–H and O–H groups in total. The largest absolute Gasteiger partial charge is 0.493 e. The number of hydrogen-bond donors (Lipinski definition) is 1. The SMILES string of the molecule is CCNC(=O)Cc1csc(CC(=O)Cc2cc(F)ccc2Oc2c(F)cccc2OC)n1. The molecule has 3 aromatic rings. The molecule has 1 heterocycles. The number of ketones is 1. The van der Waals surface area contributed by atoms with Crippen LogP contribution in [0.4, 0.5) is 8.78 Å². The number of carbonyl (C=O) groups excluding carboxylic acids is 2. The zero-order chi connectivity index (χ0) is 23.1. The first-order chi connectivity index (χ1) is 15.4. The maximum atomic E-state index is 14.2. The van der Waals surface area contributed by atoms with E-state index < -0.39 is 11.6 Å². The maximum absolute atomic E-state index is 14.2. The Labute approximate surface area is 188 Å². The highest BCUT2D eigenvalue weighted by Crippen LogP contribution is 2.35. The van der Waals surface area contributed by atoms with Crippen LogP contribution in [0.25, 0.3) is 0 Å². The summed E-state index contributed by atoms with van der Waals surface area (Å²) in [7, 11) is 1.38. The average Bonchev–Trinajstić information content (AvgIpc) is 3.17. The molecule has 0 aliphatic carbocycles. The van der Waals surface area contributed by atoms with Gasteiger partial charge in [0.25, 0.3) is 0 Å². The Balaban J connectivity index is 1.73. The third-order valence-electron chi connectivity index (χ3n) is 4.44.